The molecule has 100 valence electrons. The van der Waals surface area contributed by atoms with Gasteiger partial charge in [-0.25, -0.2) is 9.59 Å². The predicted octanol–water partition coefficient (Wildman–Crippen LogP) is 0.261. The highest BCUT2D eigenvalue weighted by molar-refractivity contribution is 7.99. The molecule has 0 aromatic rings. The van der Waals surface area contributed by atoms with Crippen LogP contribution in [0.2, 0.25) is 0 Å². The lowest BCUT2D eigenvalue weighted by molar-refractivity contribution is -0.141. The largest absolute Gasteiger partial charge is 0.480 e. The van der Waals surface area contributed by atoms with Crippen LogP contribution in [0.4, 0.5) is 4.79 Å². The van der Waals surface area contributed by atoms with E-state index in [1.165, 1.54) is 6.92 Å². The maximum absolute atomic E-state index is 11.3. The monoisotopic (exact) mass is 264 g/mol. The van der Waals surface area contributed by atoms with E-state index in [1.54, 1.807) is 11.8 Å². The summed E-state index contributed by atoms with van der Waals surface area (Å²) in [6.07, 6.45) is 1.66. The zero-order chi connectivity index (χ0) is 13.4. The fourth-order valence-corrected chi connectivity index (χ4v) is 1.44. The van der Waals surface area contributed by atoms with Crippen LogP contribution in [0.15, 0.2) is 0 Å². The van der Waals surface area contributed by atoms with Crippen molar-refractivity contribution in [2.75, 3.05) is 12.8 Å². The number of thioether (sulfide) groups is 1. The Bertz CT molecular complexity index is 261. The minimum absolute atomic E-state index is 0.433. The minimum atomic E-state index is -1.28. The third-order valence-corrected chi connectivity index (χ3v) is 3.31. The Hall–Kier alpha value is -0.950. The quantitative estimate of drug-likeness (QED) is 0.529. The molecule has 4 N–H and O–H groups in total. The molecule has 17 heavy (non-hydrogen) atoms. The molecule has 0 aromatic heterocycles. The number of urea groups is 1. The number of hydrogen-bond acceptors (Lipinski definition) is 4. The molecule has 0 radical (unpaired) electrons. The fourth-order valence-electron chi connectivity index (χ4n) is 1.09. The van der Waals surface area contributed by atoms with Gasteiger partial charge >= 0.3 is 12.0 Å². The topological polar surface area (TPSA) is 98.7 Å². The van der Waals surface area contributed by atoms with E-state index in [1.807, 2.05) is 13.2 Å². The third kappa shape index (κ3) is 7.06. The van der Waals surface area contributed by atoms with E-state index < -0.39 is 24.1 Å². The molecule has 0 bridgehead atoms. The van der Waals surface area contributed by atoms with Crippen LogP contribution in [-0.2, 0) is 4.79 Å². The van der Waals surface area contributed by atoms with Gasteiger partial charge in [0.1, 0.15) is 0 Å². The molecule has 0 saturated carbocycles. The van der Waals surface area contributed by atoms with Gasteiger partial charge in [-0.2, -0.15) is 11.8 Å². The van der Waals surface area contributed by atoms with Crippen molar-refractivity contribution < 1.29 is 19.8 Å². The van der Waals surface area contributed by atoms with Crippen molar-refractivity contribution in [2.24, 2.45) is 0 Å². The summed E-state index contributed by atoms with van der Waals surface area (Å²) in [7, 11) is 0. The Morgan fingerprint density at radius 3 is 2.35 bits per heavy atom. The van der Waals surface area contributed by atoms with Crippen molar-refractivity contribution in [3.63, 3.8) is 0 Å². The molecule has 0 aromatic carbocycles. The average molecular weight is 264 g/mol. The SMILES string of the molecule is CSC(C)CCNC(=O)N[C@H](C(=O)O)[C@@H](C)O. The lowest BCUT2D eigenvalue weighted by Crippen LogP contribution is -2.51. The number of aliphatic carboxylic acids is 1. The van der Waals surface area contributed by atoms with Crippen LogP contribution in [0.5, 0.6) is 0 Å². The highest BCUT2D eigenvalue weighted by Crippen LogP contribution is 2.07. The van der Waals surface area contributed by atoms with Crippen LogP contribution < -0.4 is 10.6 Å². The van der Waals surface area contributed by atoms with Crippen LogP contribution in [0, 0.1) is 0 Å². The summed E-state index contributed by atoms with van der Waals surface area (Å²) in [5.41, 5.74) is 0. The van der Waals surface area contributed by atoms with Gasteiger partial charge in [-0.3, -0.25) is 0 Å². The molecule has 1 unspecified atom stereocenters. The van der Waals surface area contributed by atoms with Crippen LogP contribution in [0.25, 0.3) is 0 Å². The van der Waals surface area contributed by atoms with Crippen molar-refractivity contribution >= 4 is 23.8 Å². The third-order valence-electron chi connectivity index (χ3n) is 2.27. The number of carbonyl (C=O) groups is 2. The first-order chi connectivity index (χ1) is 7.88. The van der Waals surface area contributed by atoms with Gasteiger partial charge in [0.25, 0.3) is 0 Å². The van der Waals surface area contributed by atoms with Gasteiger partial charge in [0, 0.05) is 11.8 Å². The van der Waals surface area contributed by atoms with E-state index >= 15 is 0 Å². The average Bonchev–Trinajstić information content (AvgIpc) is 2.24. The predicted molar refractivity (Wildman–Crippen MR) is 67.2 cm³/mol. The van der Waals surface area contributed by atoms with E-state index in [0.717, 1.165) is 6.42 Å². The zero-order valence-electron chi connectivity index (χ0n) is 10.3. The molecule has 6 nitrogen and oxygen atoms in total. The molecule has 0 fully saturated rings. The lowest BCUT2D eigenvalue weighted by Gasteiger charge is -2.17. The molecular weight excluding hydrogens is 244 g/mol. The molecule has 2 amide bonds. The van der Waals surface area contributed by atoms with Gasteiger partial charge in [0.05, 0.1) is 6.10 Å². The maximum Gasteiger partial charge on any atom is 0.328 e. The van der Waals surface area contributed by atoms with Crippen molar-refractivity contribution in [1.29, 1.82) is 0 Å². The van der Waals surface area contributed by atoms with Gasteiger partial charge in [-0.1, -0.05) is 6.92 Å². The summed E-state index contributed by atoms with van der Waals surface area (Å²) in [4.78, 5) is 22.0. The Labute approximate surface area is 105 Å². The molecule has 0 aliphatic heterocycles. The summed E-state index contributed by atoms with van der Waals surface area (Å²) in [5.74, 6) is -1.26. The molecular formula is C10H20N2O4S. The Balaban J connectivity index is 3.95. The van der Waals surface area contributed by atoms with Crippen molar-refractivity contribution in [2.45, 2.75) is 37.7 Å². The van der Waals surface area contributed by atoms with Crippen molar-refractivity contribution in [3.8, 4) is 0 Å². The summed E-state index contributed by atoms with van der Waals surface area (Å²) in [5, 5.41) is 23.1. The first-order valence-corrected chi connectivity index (χ1v) is 6.65. The lowest BCUT2D eigenvalue weighted by atomic mass is 10.2. The Kier molecular flexibility index (Phi) is 7.73. The first-order valence-electron chi connectivity index (χ1n) is 5.36. The second kappa shape index (κ2) is 8.19. The van der Waals surface area contributed by atoms with Crippen molar-refractivity contribution in [3.05, 3.63) is 0 Å². The highest BCUT2D eigenvalue weighted by atomic mass is 32.2. The molecule has 3 atom stereocenters. The van der Waals surface area contributed by atoms with Crippen LogP contribution in [-0.4, -0.2) is 52.4 Å². The number of hydrogen-bond donors (Lipinski definition) is 4. The maximum atomic E-state index is 11.3. The number of carboxylic acid groups (broad SMARTS) is 1. The number of carbonyl (C=O) groups excluding carboxylic acids is 1. The van der Waals surface area contributed by atoms with Gasteiger partial charge in [0.15, 0.2) is 6.04 Å². The van der Waals surface area contributed by atoms with Crippen LogP contribution >= 0.6 is 11.8 Å². The summed E-state index contributed by atoms with van der Waals surface area (Å²) in [6, 6.07) is -1.86. The molecule has 0 spiro atoms. The van der Waals surface area contributed by atoms with E-state index in [2.05, 4.69) is 10.6 Å². The number of rotatable bonds is 7. The number of aliphatic hydroxyl groups excluding tert-OH is 1. The van der Waals surface area contributed by atoms with Crippen LogP contribution in [0.1, 0.15) is 20.3 Å². The van der Waals surface area contributed by atoms with Gasteiger partial charge in [-0.15, -0.1) is 0 Å². The molecule has 0 rings (SSSR count). The number of nitrogens with one attached hydrogen (secondary N) is 2. The minimum Gasteiger partial charge on any atom is -0.480 e. The second-order valence-corrected chi connectivity index (χ2v) is 5.07. The van der Waals surface area contributed by atoms with E-state index in [0.29, 0.717) is 11.8 Å². The zero-order valence-corrected chi connectivity index (χ0v) is 11.1. The number of aliphatic hydroxyl groups is 1. The molecule has 7 heteroatoms. The number of amides is 2. The summed E-state index contributed by atoms with van der Waals surface area (Å²) >= 11 is 1.69. The van der Waals surface area contributed by atoms with E-state index in [9.17, 15) is 9.59 Å². The van der Waals surface area contributed by atoms with E-state index in [-0.39, 0.29) is 0 Å². The smallest absolute Gasteiger partial charge is 0.328 e. The fraction of sp³-hybridized carbons (Fsp3) is 0.800. The molecule has 0 saturated heterocycles. The molecule has 0 heterocycles. The number of carboxylic acids is 1. The van der Waals surface area contributed by atoms with Gasteiger partial charge in [0.2, 0.25) is 0 Å². The molecule has 0 aliphatic carbocycles. The van der Waals surface area contributed by atoms with Crippen LogP contribution in [0.3, 0.4) is 0 Å². The normalized spacial score (nSPS) is 15.8. The summed E-state index contributed by atoms with van der Waals surface area (Å²) in [6.45, 7) is 3.83. The highest BCUT2D eigenvalue weighted by Gasteiger charge is 2.24. The molecule has 0 aliphatic rings. The summed E-state index contributed by atoms with van der Waals surface area (Å²) < 4.78 is 0. The van der Waals surface area contributed by atoms with E-state index in [4.69, 9.17) is 10.2 Å². The standard InChI is InChI=1S/C10H20N2O4S/c1-6(17-3)4-5-11-10(16)12-8(7(2)13)9(14)15/h6-8,13H,4-5H2,1-3H3,(H,14,15)(H2,11,12,16)/t6?,7-,8+/m1/s1. The van der Waals surface area contributed by atoms with Gasteiger partial charge < -0.3 is 20.8 Å². The first kappa shape index (κ1) is 16.1. The Morgan fingerprint density at radius 2 is 1.94 bits per heavy atom. The van der Waals surface area contributed by atoms with Crippen molar-refractivity contribution in [1.82, 2.24) is 10.6 Å². The Morgan fingerprint density at radius 1 is 1.35 bits per heavy atom. The second-order valence-electron chi connectivity index (χ2n) is 3.79. The van der Waals surface area contributed by atoms with Gasteiger partial charge in [-0.05, 0) is 19.6 Å².